The molecule has 98 valence electrons. The van der Waals surface area contributed by atoms with Gasteiger partial charge in [-0.05, 0) is 30.9 Å². The van der Waals surface area contributed by atoms with Gasteiger partial charge >= 0.3 is 0 Å². The molecule has 1 atom stereocenters. The summed E-state index contributed by atoms with van der Waals surface area (Å²) in [6, 6.07) is 6.30. The Morgan fingerprint density at radius 3 is 2.83 bits per heavy atom. The zero-order valence-electron chi connectivity index (χ0n) is 11.7. The Balaban J connectivity index is 2.18. The molecular formula is C15H23N3. The second kappa shape index (κ2) is 5.98. The van der Waals surface area contributed by atoms with E-state index < -0.39 is 0 Å². The number of hydrogen-bond acceptors (Lipinski definition) is 2. The fraction of sp³-hybridized carbons (Fsp3) is 0.600. The lowest BCUT2D eigenvalue weighted by Gasteiger charge is -2.14. The predicted octanol–water partition coefficient (Wildman–Crippen LogP) is 3.96. The number of hydrogen-bond donors (Lipinski definition) is 0. The van der Waals surface area contributed by atoms with Crippen LogP contribution < -0.4 is 0 Å². The minimum atomic E-state index is 0.718. The normalized spacial score (nSPS) is 13.1. The Morgan fingerprint density at radius 1 is 1.28 bits per heavy atom. The van der Waals surface area contributed by atoms with Crippen molar-refractivity contribution >= 4 is 11.0 Å². The molecule has 18 heavy (non-hydrogen) atoms. The Hall–Kier alpha value is -1.38. The van der Waals surface area contributed by atoms with Crippen molar-refractivity contribution in [2.75, 3.05) is 0 Å². The van der Waals surface area contributed by atoms with Crippen LogP contribution in [0.3, 0.4) is 0 Å². The van der Waals surface area contributed by atoms with E-state index in [4.69, 9.17) is 0 Å². The van der Waals surface area contributed by atoms with Crippen molar-refractivity contribution in [1.82, 2.24) is 15.0 Å². The van der Waals surface area contributed by atoms with Crippen molar-refractivity contribution in [1.29, 1.82) is 0 Å². The average molecular weight is 245 g/mol. The van der Waals surface area contributed by atoms with Gasteiger partial charge < -0.3 is 0 Å². The van der Waals surface area contributed by atoms with Gasteiger partial charge in [0.15, 0.2) is 0 Å². The topological polar surface area (TPSA) is 30.7 Å². The highest BCUT2D eigenvalue weighted by molar-refractivity contribution is 5.77. The van der Waals surface area contributed by atoms with E-state index in [-0.39, 0.29) is 0 Å². The summed E-state index contributed by atoms with van der Waals surface area (Å²) in [4.78, 5) is 0. The number of aryl methyl sites for hydroxylation is 1. The zero-order valence-corrected chi connectivity index (χ0v) is 11.7. The first-order valence-electron chi connectivity index (χ1n) is 7.05. The fourth-order valence-electron chi connectivity index (χ4n) is 2.43. The van der Waals surface area contributed by atoms with E-state index in [0.29, 0.717) is 0 Å². The first-order valence-corrected chi connectivity index (χ1v) is 7.05. The van der Waals surface area contributed by atoms with Crippen molar-refractivity contribution in [2.24, 2.45) is 5.92 Å². The summed E-state index contributed by atoms with van der Waals surface area (Å²) in [5.41, 5.74) is 3.42. The highest BCUT2D eigenvalue weighted by Crippen LogP contribution is 2.19. The van der Waals surface area contributed by atoms with Crippen LogP contribution in [0.25, 0.3) is 11.0 Å². The van der Waals surface area contributed by atoms with Crippen LogP contribution in [0.1, 0.15) is 45.1 Å². The summed E-state index contributed by atoms with van der Waals surface area (Å²) in [6.45, 7) is 7.61. The largest absolute Gasteiger partial charge is 0.244 e. The molecule has 1 unspecified atom stereocenters. The molecule has 0 saturated heterocycles. The SMILES string of the molecule is CCCCC(CC)Cn1nnc2c(C)cccc21. The van der Waals surface area contributed by atoms with Crippen molar-refractivity contribution in [3.05, 3.63) is 23.8 Å². The highest BCUT2D eigenvalue weighted by atomic mass is 15.4. The Labute approximate surface area is 109 Å². The van der Waals surface area contributed by atoms with Gasteiger partial charge in [0.1, 0.15) is 5.52 Å². The third-order valence-corrected chi connectivity index (χ3v) is 3.72. The van der Waals surface area contributed by atoms with Gasteiger partial charge in [0.05, 0.1) is 5.52 Å². The smallest absolute Gasteiger partial charge is 0.116 e. The van der Waals surface area contributed by atoms with Gasteiger partial charge in [-0.25, -0.2) is 4.68 Å². The zero-order chi connectivity index (χ0) is 13.0. The molecule has 3 heteroatoms. The van der Waals surface area contributed by atoms with Gasteiger partial charge in [-0.15, -0.1) is 5.10 Å². The molecule has 0 aliphatic rings. The second-order valence-electron chi connectivity index (χ2n) is 5.13. The molecule has 0 aliphatic carbocycles. The number of aromatic nitrogens is 3. The molecule has 0 aliphatic heterocycles. The van der Waals surface area contributed by atoms with E-state index in [1.807, 2.05) is 0 Å². The van der Waals surface area contributed by atoms with Crippen LogP contribution in [0.2, 0.25) is 0 Å². The van der Waals surface area contributed by atoms with Crippen LogP contribution in [0.5, 0.6) is 0 Å². The molecule has 0 spiro atoms. The van der Waals surface area contributed by atoms with E-state index in [1.54, 1.807) is 0 Å². The molecule has 0 amide bonds. The third-order valence-electron chi connectivity index (χ3n) is 3.72. The van der Waals surface area contributed by atoms with Gasteiger partial charge in [-0.3, -0.25) is 0 Å². The molecule has 0 fully saturated rings. The number of unbranched alkanes of at least 4 members (excludes halogenated alkanes) is 1. The quantitative estimate of drug-likeness (QED) is 0.771. The van der Waals surface area contributed by atoms with Gasteiger partial charge in [0, 0.05) is 6.54 Å². The van der Waals surface area contributed by atoms with E-state index in [2.05, 4.69) is 54.0 Å². The Kier molecular flexibility index (Phi) is 4.34. The van der Waals surface area contributed by atoms with Crippen molar-refractivity contribution in [3.8, 4) is 0 Å². The summed E-state index contributed by atoms with van der Waals surface area (Å²) in [7, 11) is 0. The maximum atomic E-state index is 4.32. The predicted molar refractivity (Wildman–Crippen MR) is 75.6 cm³/mol. The Morgan fingerprint density at radius 2 is 2.11 bits per heavy atom. The summed E-state index contributed by atoms with van der Waals surface area (Å²) in [5.74, 6) is 0.718. The van der Waals surface area contributed by atoms with E-state index in [0.717, 1.165) is 18.0 Å². The van der Waals surface area contributed by atoms with E-state index in [9.17, 15) is 0 Å². The number of fused-ring (bicyclic) bond motifs is 1. The monoisotopic (exact) mass is 245 g/mol. The molecule has 2 aromatic rings. The standard InChI is InChI=1S/C15H23N3/c1-4-6-9-13(5-2)11-18-14-10-7-8-12(3)15(14)16-17-18/h7-8,10,13H,4-6,9,11H2,1-3H3. The van der Waals surface area contributed by atoms with Crippen LogP contribution in [0, 0.1) is 12.8 Å². The molecule has 2 rings (SSSR count). The third kappa shape index (κ3) is 2.71. The minimum Gasteiger partial charge on any atom is -0.244 e. The molecule has 0 radical (unpaired) electrons. The van der Waals surface area contributed by atoms with Crippen LogP contribution in [-0.4, -0.2) is 15.0 Å². The molecule has 1 heterocycles. The van der Waals surface area contributed by atoms with Gasteiger partial charge in [-0.2, -0.15) is 0 Å². The lowest BCUT2D eigenvalue weighted by Crippen LogP contribution is -2.11. The number of rotatable bonds is 6. The summed E-state index contributed by atoms with van der Waals surface area (Å²) < 4.78 is 2.08. The van der Waals surface area contributed by atoms with Crippen molar-refractivity contribution in [3.63, 3.8) is 0 Å². The molecular weight excluding hydrogens is 222 g/mol. The van der Waals surface area contributed by atoms with Crippen LogP contribution in [0.15, 0.2) is 18.2 Å². The molecule has 3 nitrogen and oxygen atoms in total. The summed E-state index contributed by atoms with van der Waals surface area (Å²) >= 11 is 0. The average Bonchev–Trinajstić information content (AvgIpc) is 2.79. The van der Waals surface area contributed by atoms with Crippen LogP contribution in [0.4, 0.5) is 0 Å². The second-order valence-corrected chi connectivity index (χ2v) is 5.13. The van der Waals surface area contributed by atoms with E-state index >= 15 is 0 Å². The molecule has 1 aromatic carbocycles. The first-order chi connectivity index (χ1) is 8.76. The Bertz CT molecular complexity index is 501. The number of benzene rings is 1. The van der Waals surface area contributed by atoms with Gasteiger partial charge in [-0.1, -0.05) is 50.5 Å². The maximum absolute atomic E-state index is 4.32. The molecule has 0 saturated carbocycles. The highest BCUT2D eigenvalue weighted by Gasteiger charge is 2.11. The minimum absolute atomic E-state index is 0.718. The number of nitrogens with zero attached hydrogens (tertiary/aromatic N) is 3. The molecule has 0 N–H and O–H groups in total. The van der Waals surface area contributed by atoms with E-state index in [1.165, 1.54) is 36.8 Å². The van der Waals surface area contributed by atoms with Crippen molar-refractivity contribution in [2.45, 2.75) is 53.0 Å². The summed E-state index contributed by atoms with van der Waals surface area (Å²) in [6.07, 6.45) is 5.09. The summed E-state index contributed by atoms with van der Waals surface area (Å²) in [5, 5.41) is 8.62. The first kappa shape index (κ1) is 13.1. The van der Waals surface area contributed by atoms with Gasteiger partial charge in [0.25, 0.3) is 0 Å². The molecule has 0 bridgehead atoms. The molecule has 1 aromatic heterocycles. The lowest BCUT2D eigenvalue weighted by atomic mass is 9.99. The maximum Gasteiger partial charge on any atom is 0.116 e. The van der Waals surface area contributed by atoms with Crippen molar-refractivity contribution < 1.29 is 0 Å². The van der Waals surface area contributed by atoms with Crippen LogP contribution >= 0.6 is 0 Å². The van der Waals surface area contributed by atoms with Crippen LogP contribution in [-0.2, 0) is 6.54 Å². The fourth-order valence-corrected chi connectivity index (χ4v) is 2.43. The van der Waals surface area contributed by atoms with Gasteiger partial charge in [0.2, 0.25) is 0 Å². The lowest BCUT2D eigenvalue weighted by molar-refractivity contribution is 0.373.